The second-order valence-corrected chi connectivity index (χ2v) is 6.99. The number of hydrogen-bond acceptors (Lipinski definition) is 7. The lowest BCUT2D eigenvalue weighted by molar-refractivity contribution is -0.145. The summed E-state index contributed by atoms with van der Waals surface area (Å²) in [6.07, 6.45) is 1.87. The molecule has 1 atom stereocenters. The zero-order valence-electron chi connectivity index (χ0n) is 17.4. The van der Waals surface area contributed by atoms with Crippen LogP contribution in [0.4, 0.5) is 0 Å². The van der Waals surface area contributed by atoms with Crippen LogP contribution in [0.3, 0.4) is 0 Å². The molecule has 1 aromatic carbocycles. The Balaban J connectivity index is 2.15. The number of nitrogens with one attached hydrogen (secondary N) is 1. The van der Waals surface area contributed by atoms with E-state index in [1.165, 1.54) is 32.2 Å². The van der Waals surface area contributed by atoms with Crippen LogP contribution in [0.1, 0.15) is 26.7 Å². The van der Waals surface area contributed by atoms with Crippen molar-refractivity contribution in [3.8, 4) is 11.5 Å². The van der Waals surface area contributed by atoms with Gasteiger partial charge in [-0.2, -0.15) is 0 Å². The maximum atomic E-state index is 12.8. The van der Waals surface area contributed by atoms with Crippen LogP contribution in [0.5, 0.6) is 11.5 Å². The summed E-state index contributed by atoms with van der Waals surface area (Å²) in [5.41, 5.74) is 0.173. The Labute approximate surface area is 169 Å². The molecule has 29 heavy (non-hydrogen) atoms. The van der Waals surface area contributed by atoms with Crippen molar-refractivity contribution < 1.29 is 23.8 Å². The lowest BCUT2D eigenvalue weighted by Crippen LogP contribution is -2.42. The number of hydrogen-bond donors (Lipinski definition) is 1. The number of carbonyl (C=O) groups excluding carboxylic acids is 2. The van der Waals surface area contributed by atoms with Crippen molar-refractivity contribution in [2.75, 3.05) is 21.3 Å². The van der Waals surface area contributed by atoms with E-state index in [2.05, 4.69) is 10.3 Å². The molecule has 0 radical (unpaired) electrons. The molecule has 0 spiro atoms. The van der Waals surface area contributed by atoms with E-state index in [9.17, 15) is 14.4 Å². The van der Waals surface area contributed by atoms with Crippen molar-refractivity contribution in [3.05, 3.63) is 28.8 Å². The maximum absolute atomic E-state index is 12.8. The predicted molar refractivity (Wildman–Crippen MR) is 107 cm³/mol. The fourth-order valence-corrected chi connectivity index (χ4v) is 2.96. The number of carbonyl (C=O) groups is 2. The van der Waals surface area contributed by atoms with E-state index >= 15 is 0 Å². The van der Waals surface area contributed by atoms with Gasteiger partial charge < -0.3 is 19.5 Å². The highest BCUT2D eigenvalue weighted by Gasteiger charge is 2.22. The smallest absolute Gasteiger partial charge is 0.328 e. The van der Waals surface area contributed by atoms with Crippen molar-refractivity contribution in [1.29, 1.82) is 0 Å². The average molecular weight is 405 g/mol. The molecule has 0 unspecified atom stereocenters. The third-order valence-corrected chi connectivity index (χ3v) is 4.44. The summed E-state index contributed by atoms with van der Waals surface area (Å²) in [7, 11) is 4.27. The number of benzene rings is 1. The van der Waals surface area contributed by atoms with Gasteiger partial charge in [0, 0.05) is 19.0 Å². The highest BCUT2D eigenvalue weighted by Crippen LogP contribution is 2.29. The summed E-state index contributed by atoms with van der Waals surface area (Å²) in [5.74, 6) is 0.267. The first-order valence-electron chi connectivity index (χ1n) is 9.29. The summed E-state index contributed by atoms with van der Waals surface area (Å²) in [4.78, 5) is 41.2. The van der Waals surface area contributed by atoms with E-state index in [1.54, 1.807) is 12.1 Å². The molecule has 0 aliphatic heterocycles. The van der Waals surface area contributed by atoms with Crippen LogP contribution in [-0.4, -0.2) is 48.8 Å². The van der Waals surface area contributed by atoms with Gasteiger partial charge in [0.1, 0.15) is 6.04 Å². The number of amides is 1. The molecule has 158 valence electrons. The fraction of sp³-hybridized carbons (Fsp3) is 0.500. The first kappa shape index (κ1) is 22.2. The van der Waals surface area contributed by atoms with Gasteiger partial charge in [0.15, 0.2) is 11.5 Å². The van der Waals surface area contributed by atoms with E-state index < -0.39 is 12.0 Å². The topological polar surface area (TPSA) is 109 Å². The van der Waals surface area contributed by atoms with Crippen LogP contribution in [0.2, 0.25) is 0 Å². The summed E-state index contributed by atoms with van der Waals surface area (Å²) < 4.78 is 16.6. The Hall–Kier alpha value is -3.10. The molecule has 2 rings (SSSR count). The molecule has 1 amide bonds. The monoisotopic (exact) mass is 405 g/mol. The van der Waals surface area contributed by atoms with Crippen LogP contribution in [0, 0.1) is 5.92 Å². The van der Waals surface area contributed by atoms with Gasteiger partial charge in [0.2, 0.25) is 5.91 Å². The largest absolute Gasteiger partial charge is 0.493 e. The van der Waals surface area contributed by atoms with E-state index in [1.807, 2.05) is 13.8 Å². The Morgan fingerprint density at radius 1 is 1.14 bits per heavy atom. The molecule has 2 aromatic rings. The van der Waals surface area contributed by atoms with Crippen LogP contribution in [-0.2, 0) is 20.9 Å². The molecule has 9 nitrogen and oxygen atoms in total. The second-order valence-electron chi connectivity index (χ2n) is 6.99. The number of aryl methyl sites for hydroxylation is 1. The summed E-state index contributed by atoms with van der Waals surface area (Å²) >= 11 is 0. The standard InChI is InChI=1S/C20H27N3O6/c1-12(2)8-15(20(26)29-5)22-18(24)6-7-23-11-21-14-10-17(28-4)16(27-3)9-13(14)19(23)25/h9-12,15H,6-8H2,1-5H3,(H,22,24)/t15-/m1/s1. The molecule has 0 saturated carbocycles. The number of rotatable bonds is 9. The number of methoxy groups -OCH3 is 3. The van der Waals surface area contributed by atoms with Gasteiger partial charge in [0.25, 0.3) is 5.56 Å². The molecule has 0 saturated heterocycles. The van der Waals surface area contributed by atoms with E-state index in [-0.39, 0.29) is 30.3 Å². The fourth-order valence-electron chi connectivity index (χ4n) is 2.96. The SMILES string of the molecule is COC(=O)[C@@H](CC(C)C)NC(=O)CCn1cnc2cc(OC)c(OC)cc2c1=O. The molecule has 9 heteroatoms. The van der Waals surface area contributed by atoms with E-state index in [0.717, 1.165) is 0 Å². The first-order valence-corrected chi connectivity index (χ1v) is 9.29. The molecule has 1 heterocycles. The highest BCUT2D eigenvalue weighted by atomic mass is 16.5. The van der Waals surface area contributed by atoms with Gasteiger partial charge in [0.05, 0.1) is 38.6 Å². The molecule has 0 bridgehead atoms. The van der Waals surface area contributed by atoms with Crippen molar-refractivity contribution >= 4 is 22.8 Å². The first-order chi connectivity index (χ1) is 13.8. The van der Waals surface area contributed by atoms with Crippen molar-refractivity contribution in [2.24, 2.45) is 5.92 Å². The van der Waals surface area contributed by atoms with Crippen molar-refractivity contribution in [3.63, 3.8) is 0 Å². The quantitative estimate of drug-likeness (QED) is 0.630. The maximum Gasteiger partial charge on any atom is 0.328 e. The van der Waals surface area contributed by atoms with Crippen LogP contribution >= 0.6 is 0 Å². The minimum Gasteiger partial charge on any atom is -0.493 e. The van der Waals surface area contributed by atoms with Crippen LogP contribution < -0.4 is 20.3 Å². The Bertz CT molecular complexity index is 938. The molecule has 0 fully saturated rings. The van der Waals surface area contributed by atoms with E-state index in [0.29, 0.717) is 28.8 Å². The average Bonchev–Trinajstić information content (AvgIpc) is 2.70. The predicted octanol–water partition coefficient (Wildman–Crippen LogP) is 1.51. The molecular formula is C20H27N3O6. The van der Waals surface area contributed by atoms with E-state index in [4.69, 9.17) is 14.2 Å². The van der Waals surface area contributed by atoms with Crippen LogP contribution in [0.25, 0.3) is 10.9 Å². The molecule has 1 N–H and O–H groups in total. The van der Waals surface area contributed by atoms with Gasteiger partial charge in [-0.25, -0.2) is 9.78 Å². The number of aromatic nitrogens is 2. The second kappa shape index (κ2) is 9.90. The zero-order chi connectivity index (χ0) is 21.6. The highest BCUT2D eigenvalue weighted by molar-refractivity contribution is 5.84. The lowest BCUT2D eigenvalue weighted by atomic mass is 10.0. The normalized spacial score (nSPS) is 11.9. The number of nitrogens with zero attached hydrogens (tertiary/aromatic N) is 2. The van der Waals surface area contributed by atoms with Gasteiger partial charge in [-0.05, 0) is 18.4 Å². The molecule has 0 aliphatic rings. The summed E-state index contributed by atoms with van der Waals surface area (Å²) in [6, 6.07) is 2.48. The zero-order valence-corrected chi connectivity index (χ0v) is 17.4. The molecule has 1 aromatic heterocycles. The number of esters is 1. The third kappa shape index (κ3) is 5.46. The lowest BCUT2D eigenvalue weighted by Gasteiger charge is -2.18. The third-order valence-electron chi connectivity index (χ3n) is 4.44. The Morgan fingerprint density at radius 3 is 2.38 bits per heavy atom. The Kier molecular flexibility index (Phi) is 7.58. The van der Waals surface area contributed by atoms with Gasteiger partial charge in [-0.3, -0.25) is 14.2 Å². The minimum absolute atomic E-state index is 0.0198. The number of fused-ring (bicyclic) bond motifs is 1. The van der Waals surface area contributed by atoms with Gasteiger partial charge in [-0.1, -0.05) is 13.8 Å². The number of ether oxygens (including phenoxy) is 3. The summed E-state index contributed by atoms with van der Waals surface area (Å²) in [6.45, 7) is 4.02. The summed E-state index contributed by atoms with van der Waals surface area (Å²) in [5, 5.41) is 3.03. The Morgan fingerprint density at radius 2 is 1.79 bits per heavy atom. The van der Waals surface area contributed by atoms with Crippen LogP contribution in [0.15, 0.2) is 23.3 Å². The van der Waals surface area contributed by atoms with Gasteiger partial charge in [-0.15, -0.1) is 0 Å². The van der Waals surface area contributed by atoms with Crippen molar-refractivity contribution in [2.45, 2.75) is 39.3 Å². The minimum atomic E-state index is -0.712. The molecular weight excluding hydrogens is 378 g/mol. The van der Waals surface area contributed by atoms with Crippen molar-refractivity contribution in [1.82, 2.24) is 14.9 Å². The molecule has 0 aliphatic carbocycles. The van der Waals surface area contributed by atoms with Gasteiger partial charge >= 0.3 is 5.97 Å².